The van der Waals surface area contributed by atoms with Crippen molar-refractivity contribution < 1.29 is 9.59 Å². The Kier molecular flexibility index (Phi) is 6.14. The molecule has 0 aliphatic carbocycles. The zero-order valence-electron chi connectivity index (χ0n) is 15.3. The Morgan fingerprint density at radius 2 is 2.11 bits per heavy atom. The van der Waals surface area contributed by atoms with Gasteiger partial charge >= 0.3 is 0 Å². The Bertz CT molecular complexity index is 1020. The average molecular weight is 390 g/mol. The lowest BCUT2D eigenvalue weighted by Gasteiger charge is -2.22. The molecule has 0 saturated heterocycles. The molecular formula is C21H18N4O2S. The molecule has 2 aromatic heterocycles. The predicted molar refractivity (Wildman–Crippen MR) is 110 cm³/mol. The minimum atomic E-state index is -0.271. The van der Waals surface area contributed by atoms with Crippen molar-refractivity contribution in [3.8, 4) is 23.0 Å². The van der Waals surface area contributed by atoms with Crippen molar-refractivity contribution in [2.24, 2.45) is 0 Å². The fourth-order valence-corrected chi connectivity index (χ4v) is 3.35. The Morgan fingerprint density at radius 3 is 2.82 bits per heavy atom. The number of likely N-dealkylation sites (N-methyl/N-ethyl adjacent to an activating group) is 1. The molecule has 140 valence electrons. The molecule has 0 aliphatic rings. The van der Waals surface area contributed by atoms with Crippen LogP contribution in [0.1, 0.15) is 11.3 Å². The largest absolute Gasteiger partial charge is 0.358 e. The number of hydrogen-bond donors (Lipinski definition) is 1. The van der Waals surface area contributed by atoms with Gasteiger partial charge in [0.25, 0.3) is 0 Å². The van der Waals surface area contributed by atoms with Crippen molar-refractivity contribution in [1.82, 2.24) is 15.3 Å². The van der Waals surface area contributed by atoms with Crippen LogP contribution < -0.4 is 10.2 Å². The smallest absolute Gasteiger partial charge is 0.239 e. The highest BCUT2D eigenvalue weighted by atomic mass is 32.1. The second-order valence-electron chi connectivity index (χ2n) is 5.88. The van der Waals surface area contributed by atoms with E-state index in [0.29, 0.717) is 16.9 Å². The van der Waals surface area contributed by atoms with Gasteiger partial charge in [-0.15, -0.1) is 17.8 Å². The fraction of sp³-hybridized carbons (Fsp3) is 0.143. The van der Waals surface area contributed by atoms with Crippen LogP contribution in [0.15, 0.2) is 54.0 Å². The molecule has 28 heavy (non-hydrogen) atoms. The van der Waals surface area contributed by atoms with Crippen molar-refractivity contribution in [2.75, 3.05) is 18.5 Å². The summed E-state index contributed by atoms with van der Waals surface area (Å²) in [7, 11) is 1.53. The molecule has 2 heterocycles. The van der Waals surface area contributed by atoms with Crippen molar-refractivity contribution in [3.63, 3.8) is 0 Å². The van der Waals surface area contributed by atoms with Gasteiger partial charge in [0, 0.05) is 29.9 Å². The van der Waals surface area contributed by atoms with E-state index in [2.05, 4.69) is 21.2 Å². The van der Waals surface area contributed by atoms with Crippen molar-refractivity contribution >= 4 is 28.8 Å². The van der Waals surface area contributed by atoms with E-state index in [1.165, 1.54) is 23.3 Å². The molecule has 6 nitrogen and oxygen atoms in total. The molecule has 0 atom stereocenters. The standard InChI is InChI=1S/C21H18N4O2S/c1-3-15-7-6-8-17(11-15)25(13-19(26)22-2)20(27)12-16-14-28-21(24-16)18-9-4-5-10-23-18/h1,4-11,14H,12-13H2,2H3,(H,22,26). The normalized spacial score (nSPS) is 10.1. The summed E-state index contributed by atoms with van der Waals surface area (Å²) < 4.78 is 0. The van der Waals surface area contributed by atoms with Crippen LogP contribution in [0.25, 0.3) is 10.7 Å². The van der Waals surface area contributed by atoms with E-state index in [9.17, 15) is 9.59 Å². The predicted octanol–water partition coefficient (Wildman–Crippen LogP) is 2.51. The van der Waals surface area contributed by atoms with Gasteiger partial charge in [-0.1, -0.05) is 18.1 Å². The van der Waals surface area contributed by atoms with E-state index in [0.717, 1.165) is 10.7 Å². The van der Waals surface area contributed by atoms with Gasteiger partial charge in [-0.2, -0.15) is 0 Å². The summed E-state index contributed by atoms with van der Waals surface area (Å²) in [5.41, 5.74) is 2.60. The summed E-state index contributed by atoms with van der Waals surface area (Å²) in [4.78, 5) is 35.1. The van der Waals surface area contributed by atoms with Gasteiger partial charge in [-0.05, 0) is 30.3 Å². The summed E-state index contributed by atoms with van der Waals surface area (Å²) in [5, 5.41) is 5.12. The molecule has 1 N–H and O–H groups in total. The lowest BCUT2D eigenvalue weighted by Crippen LogP contribution is -2.40. The van der Waals surface area contributed by atoms with Crippen LogP contribution in [-0.4, -0.2) is 35.4 Å². The number of hydrogen-bond acceptors (Lipinski definition) is 5. The summed E-state index contributed by atoms with van der Waals surface area (Å²) in [6.45, 7) is -0.0966. The summed E-state index contributed by atoms with van der Waals surface area (Å²) in [6.07, 6.45) is 7.23. The molecule has 0 aliphatic heterocycles. The van der Waals surface area contributed by atoms with Crippen molar-refractivity contribution in [3.05, 3.63) is 65.3 Å². The third-order valence-electron chi connectivity index (χ3n) is 3.97. The molecule has 0 saturated carbocycles. The zero-order valence-corrected chi connectivity index (χ0v) is 16.1. The van der Waals surface area contributed by atoms with Gasteiger partial charge in [0.2, 0.25) is 11.8 Å². The summed E-state index contributed by atoms with van der Waals surface area (Å²) >= 11 is 1.43. The number of terminal acetylenes is 1. The number of benzene rings is 1. The van der Waals surface area contributed by atoms with Gasteiger partial charge < -0.3 is 10.2 Å². The molecule has 0 fully saturated rings. The maximum Gasteiger partial charge on any atom is 0.239 e. The van der Waals surface area contributed by atoms with Crippen LogP contribution in [0.3, 0.4) is 0 Å². The second kappa shape index (κ2) is 8.93. The van der Waals surface area contributed by atoms with Crippen molar-refractivity contribution in [2.45, 2.75) is 6.42 Å². The van der Waals surface area contributed by atoms with E-state index < -0.39 is 0 Å². The molecule has 3 rings (SSSR count). The topological polar surface area (TPSA) is 75.2 Å². The lowest BCUT2D eigenvalue weighted by molar-refractivity contribution is -0.123. The number of carbonyl (C=O) groups is 2. The Labute approximate surface area is 167 Å². The van der Waals surface area contributed by atoms with E-state index in [-0.39, 0.29) is 24.8 Å². The molecule has 0 unspecified atom stereocenters. The quantitative estimate of drug-likeness (QED) is 0.656. The third kappa shape index (κ3) is 4.61. The number of anilines is 1. The first-order valence-corrected chi connectivity index (χ1v) is 9.42. The molecule has 2 amide bonds. The van der Waals surface area contributed by atoms with Gasteiger partial charge in [-0.25, -0.2) is 4.98 Å². The van der Waals surface area contributed by atoms with E-state index in [1.807, 2.05) is 23.6 Å². The SMILES string of the molecule is C#Cc1cccc(N(CC(=O)NC)C(=O)Cc2csc(-c3ccccn3)n2)c1. The minimum Gasteiger partial charge on any atom is -0.358 e. The van der Waals surface area contributed by atoms with Gasteiger partial charge in [-0.3, -0.25) is 14.6 Å². The van der Waals surface area contributed by atoms with Crippen LogP contribution in [0.2, 0.25) is 0 Å². The monoisotopic (exact) mass is 390 g/mol. The molecule has 0 radical (unpaired) electrons. The van der Waals surface area contributed by atoms with Crippen LogP contribution in [0.4, 0.5) is 5.69 Å². The number of rotatable bonds is 6. The maximum atomic E-state index is 13.0. The van der Waals surface area contributed by atoms with Crippen molar-refractivity contribution in [1.29, 1.82) is 0 Å². The first-order chi connectivity index (χ1) is 13.6. The fourth-order valence-electron chi connectivity index (χ4n) is 2.56. The maximum absolute atomic E-state index is 13.0. The first-order valence-electron chi connectivity index (χ1n) is 8.54. The Hall–Kier alpha value is -3.50. The van der Waals surface area contributed by atoms with Crippen LogP contribution in [0.5, 0.6) is 0 Å². The number of carbonyl (C=O) groups excluding carboxylic acids is 2. The second-order valence-corrected chi connectivity index (χ2v) is 6.74. The number of aromatic nitrogens is 2. The highest BCUT2D eigenvalue weighted by Crippen LogP contribution is 2.23. The summed E-state index contributed by atoms with van der Waals surface area (Å²) in [6, 6.07) is 12.6. The Balaban J connectivity index is 1.82. The number of nitrogens with one attached hydrogen (secondary N) is 1. The highest BCUT2D eigenvalue weighted by Gasteiger charge is 2.20. The number of pyridine rings is 1. The molecule has 7 heteroatoms. The first kappa shape index (κ1) is 19.3. The van der Waals surface area contributed by atoms with Crippen LogP contribution >= 0.6 is 11.3 Å². The summed E-state index contributed by atoms with van der Waals surface area (Å²) in [5.74, 6) is 2.03. The van der Waals surface area contributed by atoms with Crippen LogP contribution in [-0.2, 0) is 16.0 Å². The number of nitrogens with zero attached hydrogens (tertiary/aromatic N) is 3. The molecule has 1 aromatic carbocycles. The van der Waals surface area contributed by atoms with E-state index in [1.54, 1.807) is 30.5 Å². The molecule has 0 spiro atoms. The number of amides is 2. The van der Waals surface area contributed by atoms with E-state index >= 15 is 0 Å². The lowest BCUT2D eigenvalue weighted by atomic mass is 10.1. The molecule has 3 aromatic rings. The van der Waals surface area contributed by atoms with Crippen LogP contribution in [0, 0.1) is 12.3 Å². The zero-order chi connectivity index (χ0) is 19.9. The molecule has 0 bridgehead atoms. The highest BCUT2D eigenvalue weighted by molar-refractivity contribution is 7.13. The minimum absolute atomic E-state index is 0.0700. The molecular weight excluding hydrogens is 372 g/mol. The van der Waals surface area contributed by atoms with Gasteiger partial charge in [0.1, 0.15) is 11.6 Å². The number of thiazole rings is 1. The van der Waals surface area contributed by atoms with E-state index in [4.69, 9.17) is 6.42 Å². The third-order valence-corrected chi connectivity index (χ3v) is 4.89. The Morgan fingerprint density at radius 1 is 1.25 bits per heavy atom. The average Bonchev–Trinajstić information content (AvgIpc) is 3.20. The van der Waals surface area contributed by atoms with Gasteiger partial charge in [0.05, 0.1) is 17.8 Å². The van der Waals surface area contributed by atoms with Gasteiger partial charge in [0.15, 0.2) is 0 Å².